The zero-order valence-corrected chi connectivity index (χ0v) is 24.9. The van der Waals surface area contributed by atoms with Crippen molar-refractivity contribution in [3.8, 4) is 6.07 Å². The van der Waals surface area contributed by atoms with Gasteiger partial charge in [-0.1, -0.05) is 24.3 Å². The molecular weight excluding hydrogens is 650 g/mol. The molecule has 2 aromatic rings. The Kier molecular flexibility index (Phi) is 9.78. The third kappa shape index (κ3) is 6.43. The molecule has 0 radical (unpaired) electrons. The van der Waals surface area contributed by atoms with E-state index in [9.17, 15) is 53.1 Å². The molecule has 46 heavy (non-hydrogen) atoms. The summed E-state index contributed by atoms with van der Waals surface area (Å²) in [6, 6.07) is 6.98. The molecule has 7 nitrogen and oxygen atoms in total. The van der Waals surface area contributed by atoms with Crippen LogP contribution in [0.4, 0.5) is 35.1 Å². The summed E-state index contributed by atoms with van der Waals surface area (Å²) in [6.07, 6.45) is -12.7. The van der Waals surface area contributed by atoms with E-state index < -0.39 is 55.9 Å². The average molecular weight is 680 g/mol. The lowest BCUT2D eigenvalue weighted by atomic mass is 9.79. The number of rotatable bonds is 7. The van der Waals surface area contributed by atoms with Crippen molar-refractivity contribution in [2.75, 3.05) is 13.1 Å². The average Bonchev–Trinajstić information content (AvgIpc) is 3.00. The van der Waals surface area contributed by atoms with Crippen molar-refractivity contribution in [2.24, 2.45) is 5.92 Å². The molecule has 16 heteroatoms. The number of halogens is 8. The van der Waals surface area contributed by atoms with Crippen LogP contribution in [0.5, 0.6) is 0 Å². The van der Waals surface area contributed by atoms with Crippen LogP contribution in [0.2, 0.25) is 0 Å². The highest BCUT2D eigenvalue weighted by Crippen LogP contribution is 2.54. The monoisotopic (exact) mass is 679 g/mol. The second kappa shape index (κ2) is 12.8. The number of piperidine rings is 1. The van der Waals surface area contributed by atoms with Crippen LogP contribution < -0.4 is 5.32 Å². The van der Waals surface area contributed by atoms with Crippen LogP contribution in [0.15, 0.2) is 53.4 Å². The highest BCUT2D eigenvalue weighted by molar-refractivity contribution is 7.92. The molecule has 0 unspecified atom stereocenters. The normalized spacial score (nSPS) is 21.8. The van der Waals surface area contributed by atoms with E-state index in [2.05, 4.69) is 5.32 Å². The number of benzene rings is 2. The van der Waals surface area contributed by atoms with Gasteiger partial charge in [0.1, 0.15) is 17.0 Å². The summed E-state index contributed by atoms with van der Waals surface area (Å²) in [5.74, 6) is -1.86. The number of hydrogen-bond donors (Lipinski definition) is 1. The Labute approximate surface area is 259 Å². The Morgan fingerprint density at radius 3 is 1.87 bits per heavy atom. The molecule has 2 aliphatic rings. The van der Waals surface area contributed by atoms with Crippen LogP contribution in [0, 0.1) is 23.1 Å². The number of nitrogens with zero attached hydrogens (tertiary/aromatic N) is 2. The summed E-state index contributed by atoms with van der Waals surface area (Å²) >= 11 is 0. The number of nitriles is 1. The van der Waals surface area contributed by atoms with E-state index in [4.69, 9.17) is 5.26 Å². The quantitative estimate of drug-likeness (QED) is 0.286. The van der Waals surface area contributed by atoms with E-state index in [1.165, 1.54) is 4.90 Å². The van der Waals surface area contributed by atoms with Crippen molar-refractivity contribution in [1.29, 1.82) is 5.26 Å². The summed E-state index contributed by atoms with van der Waals surface area (Å²) in [6.45, 7) is 0.558. The van der Waals surface area contributed by atoms with E-state index in [1.54, 1.807) is 6.07 Å². The van der Waals surface area contributed by atoms with Gasteiger partial charge in [0.05, 0.1) is 11.0 Å². The van der Waals surface area contributed by atoms with Gasteiger partial charge in [0.2, 0.25) is 11.8 Å². The van der Waals surface area contributed by atoms with Gasteiger partial charge in [0, 0.05) is 30.6 Å². The van der Waals surface area contributed by atoms with Crippen LogP contribution in [-0.2, 0) is 29.8 Å². The molecule has 4 rings (SSSR count). The van der Waals surface area contributed by atoms with Crippen LogP contribution in [-0.4, -0.2) is 56.6 Å². The first-order valence-corrected chi connectivity index (χ1v) is 15.7. The first-order chi connectivity index (χ1) is 21.4. The van der Waals surface area contributed by atoms with Crippen molar-refractivity contribution in [2.45, 2.75) is 78.7 Å². The Bertz CT molecular complexity index is 1560. The fourth-order valence-electron chi connectivity index (χ4n) is 6.16. The third-order valence-corrected chi connectivity index (χ3v) is 11.4. The summed E-state index contributed by atoms with van der Waals surface area (Å²) in [5.41, 5.74) is -7.67. The molecule has 250 valence electrons. The highest BCUT2D eigenvalue weighted by atomic mass is 32.2. The molecule has 1 heterocycles. The van der Waals surface area contributed by atoms with Gasteiger partial charge in [-0.15, -0.1) is 0 Å². The van der Waals surface area contributed by atoms with E-state index in [1.807, 2.05) is 0 Å². The minimum Gasteiger partial charge on any atom is -0.353 e. The van der Waals surface area contributed by atoms with Crippen LogP contribution in [0.3, 0.4) is 0 Å². The van der Waals surface area contributed by atoms with Gasteiger partial charge in [-0.3, -0.25) is 9.59 Å². The van der Waals surface area contributed by atoms with E-state index >= 15 is 0 Å². The summed E-state index contributed by atoms with van der Waals surface area (Å²) < 4.78 is 135. The van der Waals surface area contributed by atoms with Gasteiger partial charge in [-0.2, -0.15) is 31.6 Å². The molecule has 2 fully saturated rings. The van der Waals surface area contributed by atoms with Crippen molar-refractivity contribution in [3.05, 3.63) is 65.5 Å². The predicted octanol–water partition coefficient (Wildman–Crippen LogP) is 6.00. The predicted molar refractivity (Wildman–Crippen MR) is 147 cm³/mol. The Morgan fingerprint density at radius 2 is 1.39 bits per heavy atom. The molecule has 0 aromatic heterocycles. The number of sulfone groups is 1. The molecule has 1 saturated carbocycles. The fourth-order valence-corrected chi connectivity index (χ4v) is 8.33. The topological polar surface area (TPSA) is 107 Å². The maximum atomic E-state index is 14.7. The van der Waals surface area contributed by atoms with Gasteiger partial charge in [0.25, 0.3) is 0 Å². The van der Waals surface area contributed by atoms with Gasteiger partial charge < -0.3 is 10.2 Å². The van der Waals surface area contributed by atoms with E-state index in [-0.39, 0.29) is 79.6 Å². The molecular formula is C30H29F8N3O4S. The summed E-state index contributed by atoms with van der Waals surface area (Å²) in [5, 5.41) is 11.6. The standard InChI is InChI=1S/C30H29F8N3O4S/c31-22-5-7-24(8-6-22)46(44,45)27(20-1-3-21(4-2-20)28(32,29(33,34)35)30(36,37)38)14-9-23(10-15-27)40-26(43)19-12-17-41(18-13-19)25(42)11-16-39/h1-8,19,23H,9-15,17-18H2,(H,40,43)/t23-,27+. The van der Waals surface area contributed by atoms with E-state index in [0.29, 0.717) is 12.8 Å². The lowest BCUT2D eigenvalue weighted by Crippen LogP contribution is -2.50. The molecule has 0 spiro atoms. The SMILES string of the molecule is N#CCC(=O)N1CCC(C(=O)N[C@H]2CC[C@@](c3ccc(C(F)(C(F)(F)F)C(F)(F)F)cc3)(S(=O)(=O)c3ccc(F)cc3)CC2)CC1. The zero-order valence-electron chi connectivity index (χ0n) is 24.1. The number of hydrogen-bond acceptors (Lipinski definition) is 5. The number of alkyl halides is 7. The zero-order chi connectivity index (χ0) is 34.1. The summed E-state index contributed by atoms with van der Waals surface area (Å²) in [7, 11) is -4.47. The van der Waals surface area contributed by atoms with E-state index in [0.717, 1.165) is 36.4 Å². The minimum absolute atomic E-state index is 0.0472. The molecule has 2 aromatic carbocycles. The maximum Gasteiger partial charge on any atom is 0.435 e. The van der Waals surface area contributed by atoms with Gasteiger partial charge in [-0.05, 0) is 68.4 Å². The van der Waals surface area contributed by atoms with Crippen LogP contribution in [0.25, 0.3) is 0 Å². The number of amides is 2. The lowest BCUT2D eigenvalue weighted by Gasteiger charge is -2.41. The van der Waals surface area contributed by atoms with Gasteiger partial charge in [-0.25, -0.2) is 17.2 Å². The maximum absolute atomic E-state index is 14.7. The molecule has 2 amide bonds. The Balaban J connectivity index is 1.59. The van der Waals surface area contributed by atoms with Crippen molar-refractivity contribution < 1.29 is 53.1 Å². The van der Waals surface area contributed by atoms with Gasteiger partial charge in [0.15, 0.2) is 9.84 Å². The van der Waals surface area contributed by atoms with Crippen molar-refractivity contribution >= 4 is 21.7 Å². The van der Waals surface area contributed by atoms with Crippen LogP contribution >= 0.6 is 0 Å². The molecule has 1 aliphatic carbocycles. The minimum atomic E-state index is -6.36. The van der Waals surface area contributed by atoms with Gasteiger partial charge >= 0.3 is 18.0 Å². The lowest BCUT2D eigenvalue weighted by molar-refractivity contribution is -0.348. The number of nitrogens with one attached hydrogen (secondary N) is 1. The Hall–Kier alpha value is -3.74. The second-order valence-corrected chi connectivity index (χ2v) is 13.7. The molecule has 1 aliphatic heterocycles. The largest absolute Gasteiger partial charge is 0.435 e. The first kappa shape index (κ1) is 35.1. The molecule has 0 atom stereocenters. The first-order valence-electron chi connectivity index (χ1n) is 14.3. The summed E-state index contributed by atoms with van der Waals surface area (Å²) in [4.78, 5) is 26.1. The van der Waals surface area contributed by atoms with Crippen molar-refractivity contribution in [3.63, 3.8) is 0 Å². The Morgan fingerprint density at radius 1 is 0.870 bits per heavy atom. The second-order valence-electron chi connectivity index (χ2n) is 11.5. The van der Waals surface area contributed by atoms with Crippen LogP contribution in [0.1, 0.15) is 56.1 Å². The fraction of sp³-hybridized carbons (Fsp3) is 0.500. The molecule has 1 saturated heterocycles. The number of carbonyl (C=O) groups is 2. The van der Waals surface area contributed by atoms with Crippen molar-refractivity contribution in [1.82, 2.24) is 10.2 Å². The number of carbonyl (C=O) groups excluding carboxylic acids is 2. The molecule has 0 bridgehead atoms. The molecule has 1 N–H and O–H groups in total. The number of likely N-dealkylation sites (tertiary alicyclic amines) is 1. The third-order valence-electron chi connectivity index (χ3n) is 8.82. The highest BCUT2D eigenvalue weighted by Gasteiger charge is 2.73. The smallest absolute Gasteiger partial charge is 0.353 e.